The van der Waals surface area contributed by atoms with E-state index >= 15 is 0 Å². The summed E-state index contributed by atoms with van der Waals surface area (Å²) in [5, 5.41) is 4.00. The molecule has 3 heterocycles. The Morgan fingerprint density at radius 1 is 1.16 bits per heavy atom. The number of hydrogen-bond acceptors (Lipinski definition) is 6. The van der Waals surface area contributed by atoms with E-state index in [-0.39, 0.29) is 30.7 Å². The number of hydrogen-bond donors (Lipinski definition) is 1. The van der Waals surface area contributed by atoms with Gasteiger partial charge in [-0.15, -0.1) is 24.8 Å². The molecular formula is C16H28Cl2N4O3. The minimum Gasteiger partial charge on any atom is -0.381 e. The van der Waals surface area contributed by atoms with E-state index < -0.39 is 5.54 Å². The highest BCUT2D eigenvalue weighted by Gasteiger charge is 2.39. The molecule has 2 aliphatic rings. The largest absolute Gasteiger partial charge is 0.381 e. The van der Waals surface area contributed by atoms with E-state index in [0.717, 1.165) is 49.7 Å². The first kappa shape index (κ1) is 22.2. The van der Waals surface area contributed by atoms with Crippen LogP contribution in [0.2, 0.25) is 0 Å². The Labute approximate surface area is 161 Å². The highest BCUT2D eigenvalue weighted by atomic mass is 35.5. The first-order valence-corrected chi connectivity index (χ1v) is 8.30. The number of aromatic nitrogens is 1. The van der Waals surface area contributed by atoms with Gasteiger partial charge in [0.2, 0.25) is 5.91 Å². The van der Waals surface area contributed by atoms with Crippen molar-refractivity contribution in [3.8, 4) is 0 Å². The molecule has 2 aliphatic heterocycles. The Morgan fingerprint density at radius 2 is 1.76 bits per heavy atom. The van der Waals surface area contributed by atoms with Crippen molar-refractivity contribution in [2.24, 2.45) is 5.73 Å². The summed E-state index contributed by atoms with van der Waals surface area (Å²) in [7, 11) is 0. The number of piperazine rings is 1. The topological polar surface area (TPSA) is 84.8 Å². The van der Waals surface area contributed by atoms with Gasteiger partial charge in [0.05, 0.1) is 11.2 Å². The van der Waals surface area contributed by atoms with Crippen LogP contribution in [0.4, 0.5) is 0 Å². The van der Waals surface area contributed by atoms with Gasteiger partial charge in [-0.05, 0) is 26.7 Å². The highest BCUT2D eigenvalue weighted by molar-refractivity contribution is 5.86. The van der Waals surface area contributed by atoms with Gasteiger partial charge in [-0.25, -0.2) is 0 Å². The minimum atomic E-state index is -0.734. The molecule has 0 spiro atoms. The van der Waals surface area contributed by atoms with Crippen molar-refractivity contribution in [2.75, 3.05) is 39.4 Å². The van der Waals surface area contributed by atoms with Crippen molar-refractivity contribution in [1.29, 1.82) is 0 Å². The van der Waals surface area contributed by atoms with E-state index in [2.05, 4.69) is 10.1 Å². The summed E-state index contributed by atoms with van der Waals surface area (Å²) in [6.07, 6.45) is 1.23. The summed E-state index contributed by atoms with van der Waals surface area (Å²) in [6, 6.07) is 0. The van der Waals surface area contributed by atoms with E-state index in [1.54, 1.807) is 0 Å². The minimum absolute atomic E-state index is 0. The number of carbonyl (C=O) groups excluding carboxylic acids is 1. The average molecular weight is 395 g/mol. The molecule has 0 unspecified atom stereocenters. The van der Waals surface area contributed by atoms with Crippen molar-refractivity contribution >= 4 is 30.7 Å². The number of carbonyl (C=O) groups is 1. The molecule has 1 amide bonds. The molecule has 0 aromatic carbocycles. The van der Waals surface area contributed by atoms with E-state index in [4.69, 9.17) is 15.0 Å². The first-order chi connectivity index (χ1) is 11.0. The molecule has 2 N–H and O–H groups in total. The van der Waals surface area contributed by atoms with Gasteiger partial charge in [-0.1, -0.05) is 5.16 Å². The Hall–Kier alpha value is -0.860. The molecule has 1 aromatic rings. The number of ether oxygens (including phenoxy) is 1. The molecule has 7 nitrogen and oxygen atoms in total. The third-order valence-corrected chi connectivity index (χ3v) is 5.03. The van der Waals surface area contributed by atoms with Crippen molar-refractivity contribution in [1.82, 2.24) is 15.0 Å². The highest BCUT2D eigenvalue weighted by Crippen LogP contribution is 2.22. The van der Waals surface area contributed by atoms with Gasteiger partial charge in [0.15, 0.2) is 0 Å². The third-order valence-electron chi connectivity index (χ3n) is 5.03. The third kappa shape index (κ3) is 4.86. The Bertz CT molecular complexity index is 548. The summed E-state index contributed by atoms with van der Waals surface area (Å²) in [5.41, 5.74) is 7.68. The standard InChI is InChI=1S/C16H26N4O3.2ClH/c1-12-14(13(2)23-18-12)11-19-5-7-20(8-6-19)15(21)16(17)3-9-22-10-4-16;;/h3-11,17H2,1-2H3;2*1H. The van der Waals surface area contributed by atoms with Crippen LogP contribution in [0.15, 0.2) is 4.52 Å². The maximum absolute atomic E-state index is 12.7. The second-order valence-corrected chi connectivity index (χ2v) is 6.64. The molecule has 0 bridgehead atoms. The Balaban J connectivity index is 0.00000156. The lowest BCUT2D eigenvalue weighted by atomic mass is 9.89. The van der Waals surface area contributed by atoms with Crippen molar-refractivity contribution in [2.45, 2.75) is 38.8 Å². The fourth-order valence-corrected chi connectivity index (χ4v) is 3.32. The van der Waals surface area contributed by atoms with E-state index in [9.17, 15) is 4.79 Å². The van der Waals surface area contributed by atoms with Crippen LogP contribution < -0.4 is 5.73 Å². The maximum atomic E-state index is 12.7. The number of amides is 1. The number of halogens is 2. The van der Waals surface area contributed by atoms with Crippen LogP contribution in [0, 0.1) is 13.8 Å². The van der Waals surface area contributed by atoms with Crippen molar-refractivity contribution in [3.05, 3.63) is 17.0 Å². The predicted octanol–water partition coefficient (Wildman–Crippen LogP) is 1.29. The van der Waals surface area contributed by atoms with Gasteiger partial charge in [0.25, 0.3) is 0 Å². The number of rotatable bonds is 3. The Morgan fingerprint density at radius 3 is 2.28 bits per heavy atom. The molecule has 144 valence electrons. The van der Waals surface area contributed by atoms with Gasteiger partial charge < -0.3 is 19.9 Å². The normalized spacial score (nSPS) is 20.5. The maximum Gasteiger partial charge on any atom is 0.242 e. The molecule has 2 fully saturated rings. The van der Waals surface area contributed by atoms with Gasteiger partial charge in [-0.3, -0.25) is 9.69 Å². The van der Waals surface area contributed by atoms with E-state index in [0.29, 0.717) is 26.1 Å². The van der Waals surface area contributed by atoms with Crippen LogP contribution in [0.3, 0.4) is 0 Å². The lowest BCUT2D eigenvalue weighted by Crippen LogP contribution is -2.61. The zero-order valence-corrected chi connectivity index (χ0v) is 16.5. The molecule has 25 heavy (non-hydrogen) atoms. The van der Waals surface area contributed by atoms with Gasteiger partial charge >= 0.3 is 0 Å². The zero-order chi connectivity index (χ0) is 16.4. The summed E-state index contributed by atoms with van der Waals surface area (Å²) in [4.78, 5) is 17.0. The molecule has 2 saturated heterocycles. The van der Waals surface area contributed by atoms with Gasteiger partial charge in [-0.2, -0.15) is 0 Å². The van der Waals surface area contributed by atoms with Crippen LogP contribution >= 0.6 is 24.8 Å². The first-order valence-electron chi connectivity index (χ1n) is 8.30. The van der Waals surface area contributed by atoms with Crippen molar-refractivity contribution < 1.29 is 14.1 Å². The fraction of sp³-hybridized carbons (Fsp3) is 0.750. The summed E-state index contributed by atoms with van der Waals surface area (Å²) in [6.45, 7) is 9.04. The Kier molecular flexibility index (Phi) is 8.15. The molecule has 0 saturated carbocycles. The fourth-order valence-electron chi connectivity index (χ4n) is 3.32. The smallest absolute Gasteiger partial charge is 0.242 e. The number of nitrogens with two attached hydrogens (primary N) is 1. The molecule has 0 radical (unpaired) electrons. The molecule has 0 atom stereocenters. The monoisotopic (exact) mass is 394 g/mol. The zero-order valence-electron chi connectivity index (χ0n) is 14.8. The van der Waals surface area contributed by atoms with Crippen LogP contribution in [0.25, 0.3) is 0 Å². The molecular weight excluding hydrogens is 367 g/mol. The lowest BCUT2D eigenvalue weighted by molar-refractivity contribution is -0.142. The number of aryl methyl sites for hydroxylation is 2. The van der Waals surface area contributed by atoms with E-state index in [1.165, 1.54) is 0 Å². The van der Waals surface area contributed by atoms with Gasteiger partial charge in [0.1, 0.15) is 5.76 Å². The van der Waals surface area contributed by atoms with Crippen LogP contribution in [0.5, 0.6) is 0 Å². The summed E-state index contributed by atoms with van der Waals surface area (Å²) < 4.78 is 10.5. The SMILES string of the molecule is Cc1noc(C)c1CN1CCN(C(=O)C2(N)CCOCC2)CC1.Cl.Cl. The molecule has 3 rings (SSSR count). The number of nitrogens with zero attached hydrogens (tertiary/aromatic N) is 3. The second-order valence-electron chi connectivity index (χ2n) is 6.64. The quantitative estimate of drug-likeness (QED) is 0.830. The second kappa shape index (κ2) is 9.19. The van der Waals surface area contributed by atoms with Gasteiger partial charge in [0, 0.05) is 51.5 Å². The molecule has 9 heteroatoms. The van der Waals surface area contributed by atoms with E-state index in [1.807, 2.05) is 18.7 Å². The summed E-state index contributed by atoms with van der Waals surface area (Å²) in [5.74, 6) is 0.960. The molecule has 0 aliphatic carbocycles. The molecule has 1 aromatic heterocycles. The summed E-state index contributed by atoms with van der Waals surface area (Å²) >= 11 is 0. The predicted molar refractivity (Wildman–Crippen MR) is 99.3 cm³/mol. The van der Waals surface area contributed by atoms with Crippen LogP contribution in [0.1, 0.15) is 29.9 Å². The van der Waals surface area contributed by atoms with Crippen molar-refractivity contribution in [3.63, 3.8) is 0 Å². The van der Waals surface area contributed by atoms with Crippen LogP contribution in [-0.4, -0.2) is 65.8 Å². The van der Waals surface area contributed by atoms with Crippen LogP contribution in [-0.2, 0) is 16.1 Å². The lowest BCUT2D eigenvalue weighted by Gasteiger charge is -2.40. The average Bonchev–Trinajstić information content (AvgIpc) is 2.87.